The molecule has 2 aliphatic rings. The van der Waals surface area contributed by atoms with E-state index in [0.29, 0.717) is 23.9 Å². The van der Waals surface area contributed by atoms with Crippen molar-refractivity contribution in [1.29, 1.82) is 0 Å². The van der Waals surface area contributed by atoms with Crippen molar-refractivity contribution in [2.45, 2.75) is 43.2 Å². The van der Waals surface area contributed by atoms with E-state index >= 15 is 0 Å². The normalized spacial score (nSPS) is 26.3. The Bertz CT molecular complexity index is 971. The maximum absolute atomic E-state index is 6.13. The van der Waals surface area contributed by atoms with E-state index in [4.69, 9.17) is 27.7 Å². The third-order valence-corrected chi connectivity index (χ3v) is 7.07. The molecule has 2 unspecified atom stereocenters. The molecule has 1 aromatic heterocycles. The molecule has 0 saturated carbocycles. The number of aromatic nitrogens is 1. The first-order valence-electron chi connectivity index (χ1n) is 9.80. The van der Waals surface area contributed by atoms with Crippen molar-refractivity contribution in [3.05, 3.63) is 76.0 Å². The molecule has 0 spiro atoms. The average Bonchev–Trinajstić information content (AvgIpc) is 3.26. The first-order valence-corrected chi connectivity index (χ1v) is 10.6. The van der Waals surface area contributed by atoms with Gasteiger partial charge in [-0.3, -0.25) is 4.90 Å². The Hall–Kier alpha value is -1.52. The van der Waals surface area contributed by atoms with Gasteiger partial charge in [0.05, 0.1) is 0 Å². The first-order chi connectivity index (χ1) is 13.6. The molecule has 2 saturated heterocycles. The van der Waals surface area contributed by atoms with E-state index in [0.717, 1.165) is 33.5 Å². The lowest BCUT2D eigenvalue weighted by atomic mass is 9.75. The van der Waals surface area contributed by atoms with Crippen molar-refractivity contribution in [1.82, 2.24) is 10.1 Å². The fourth-order valence-corrected chi connectivity index (χ4v) is 5.36. The number of rotatable bonds is 3. The van der Waals surface area contributed by atoms with Gasteiger partial charge in [0.2, 0.25) is 0 Å². The summed E-state index contributed by atoms with van der Waals surface area (Å²) in [4.78, 5) is 2.54. The molecule has 0 amide bonds. The summed E-state index contributed by atoms with van der Waals surface area (Å²) in [5.41, 5.74) is 3.23. The lowest BCUT2D eigenvalue weighted by molar-refractivity contribution is 0.122. The van der Waals surface area contributed by atoms with E-state index in [-0.39, 0.29) is 12.4 Å². The summed E-state index contributed by atoms with van der Waals surface area (Å²) in [5, 5.41) is 5.89. The van der Waals surface area contributed by atoms with Gasteiger partial charge in [-0.2, -0.15) is 0 Å². The van der Waals surface area contributed by atoms with Gasteiger partial charge in [-0.1, -0.05) is 52.6 Å². The third-order valence-electron chi connectivity index (χ3n) is 6.56. The van der Waals surface area contributed by atoms with Crippen LogP contribution >= 0.6 is 35.6 Å². The summed E-state index contributed by atoms with van der Waals surface area (Å²) in [7, 11) is 2.25. The molecule has 0 aliphatic carbocycles. The quantitative estimate of drug-likeness (QED) is 0.440. The topological polar surface area (TPSA) is 29.3 Å². The zero-order valence-corrected chi connectivity index (χ0v) is 18.4. The zero-order valence-electron chi connectivity index (χ0n) is 16.1. The van der Waals surface area contributed by atoms with Gasteiger partial charge in [-0.15, -0.1) is 12.4 Å². The van der Waals surface area contributed by atoms with Crippen LogP contribution in [0, 0.1) is 0 Å². The molecule has 5 rings (SSSR count). The number of nitrogens with zero attached hydrogens (tertiary/aromatic N) is 2. The Kier molecular flexibility index (Phi) is 5.94. The molecule has 3 nitrogen and oxygen atoms in total. The molecule has 3 aromatic rings. The van der Waals surface area contributed by atoms with Crippen molar-refractivity contribution in [3.8, 4) is 11.3 Å². The summed E-state index contributed by atoms with van der Waals surface area (Å²) in [6.07, 6.45) is 3.59. The SMILES string of the molecule is CN1C2CCC1[C@@H](c1cc(-c3ccc(Cl)cc3)no1)[C@@H](c1ccc(Cl)cc1)C2.Cl. The van der Waals surface area contributed by atoms with Crippen LogP contribution in [0.15, 0.2) is 59.1 Å². The van der Waals surface area contributed by atoms with Gasteiger partial charge in [-0.25, -0.2) is 0 Å². The van der Waals surface area contributed by atoms with Gasteiger partial charge < -0.3 is 4.52 Å². The van der Waals surface area contributed by atoms with Crippen molar-refractivity contribution in [2.24, 2.45) is 0 Å². The standard InChI is InChI=1S/C23H22Cl2N2O.ClH/c1-27-18-10-11-21(27)23(19(12-18)14-2-6-16(24)7-3-14)22-13-20(26-28-22)15-4-8-17(25)9-5-15;/h2-9,13,18-19,21,23H,10-12H2,1H3;1H/t18?,19-,21?,23+;/m1./s1. The van der Waals surface area contributed by atoms with Crippen molar-refractivity contribution < 1.29 is 4.52 Å². The molecule has 3 heterocycles. The van der Waals surface area contributed by atoms with Crippen LogP contribution in [0.3, 0.4) is 0 Å². The number of fused-ring (bicyclic) bond motifs is 2. The summed E-state index contributed by atoms with van der Waals surface area (Å²) in [5.74, 6) is 1.68. The maximum atomic E-state index is 6.13. The second kappa shape index (κ2) is 8.31. The Labute approximate surface area is 187 Å². The van der Waals surface area contributed by atoms with E-state index in [1.807, 2.05) is 36.4 Å². The molecular formula is C23H23Cl3N2O. The average molecular weight is 450 g/mol. The summed E-state index contributed by atoms with van der Waals surface area (Å²) >= 11 is 12.2. The van der Waals surface area contributed by atoms with Crippen molar-refractivity contribution in [3.63, 3.8) is 0 Å². The van der Waals surface area contributed by atoms with Crippen LogP contribution < -0.4 is 0 Å². The van der Waals surface area contributed by atoms with Crippen LogP contribution in [0.5, 0.6) is 0 Å². The van der Waals surface area contributed by atoms with E-state index in [9.17, 15) is 0 Å². The molecular weight excluding hydrogens is 427 g/mol. The van der Waals surface area contributed by atoms with Gasteiger partial charge >= 0.3 is 0 Å². The van der Waals surface area contributed by atoms with Crippen LogP contribution in [0.2, 0.25) is 10.0 Å². The predicted octanol–water partition coefficient (Wildman–Crippen LogP) is 6.80. The van der Waals surface area contributed by atoms with Crippen molar-refractivity contribution in [2.75, 3.05) is 7.05 Å². The van der Waals surface area contributed by atoms with Gasteiger partial charge in [-0.05, 0) is 62.1 Å². The van der Waals surface area contributed by atoms with E-state index < -0.39 is 0 Å². The van der Waals surface area contributed by atoms with E-state index in [2.05, 4.69) is 35.3 Å². The number of halogens is 3. The summed E-state index contributed by atoms with van der Waals surface area (Å²) in [6, 6.07) is 19.3. The Morgan fingerprint density at radius 2 is 1.62 bits per heavy atom. The van der Waals surface area contributed by atoms with Gasteiger partial charge in [0.25, 0.3) is 0 Å². The highest BCUT2D eigenvalue weighted by Crippen LogP contribution is 2.51. The van der Waals surface area contributed by atoms with Crippen LogP contribution in [-0.4, -0.2) is 29.2 Å². The first kappa shape index (κ1) is 20.7. The highest BCUT2D eigenvalue weighted by atomic mass is 35.5. The minimum absolute atomic E-state index is 0. The molecule has 6 heteroatoms. The van der Waals surface area contributed by atoms with Gasteiger partial charge in [0.1, 0.15) is 11.5 Å². The molecule has 0 N–H and O–H groups in total. The number of benzene rings is 2. The van der Waals surface area contributed by atoms with Crippen LogP contribution in [0.4, 0.5) is 0 Å². The second-order valence-electron chi connectivity index (χ2n) is 8.00. The van der Waals surface area contributed by atoms with E-state index in [1.165, 1.54) is 18.4 Å². The molecule has 4 atom stereocenters. The van der Waals surface area contributed by atoms with Crippen LogP contribution in [0.1, 0.15) is 42.4 Å². The minimum atomic E-state index is 0. The monoisotopic (exact) mass is 448 g/mol. The number of likely N-dealkylation sites (N-methyl/N-ethyl adjacent to an activating group) is 1. The van der Waals surface area contributed by atoms with E-state index in [1.54, 1.807) is 0 Å². The largest absolute Gasteiger partial charge is 0.360 e. The molecule has 0 radical (unpaired) electrons. The molecule has 2 bridgehead atoms. The highest BCUT2D eigenvalue weighted by Gasteiger charge is 2.48. The summed E-state index contributed by atoms with van der Waals surface area (Å²) in [6.45, 7) is 0. The summed E-state index contributed by atoms with van der Waals surface area (Å²) < 4.78 is 5.93. The highest BCUT2D eigenvalue weighted by molar-refractivity contribution is 6.30. The molecule has 2 aliphatic heterocycles. The van der Waals surface area contributed by atoms with Gasteiger partial charge in [0.15, 0.2) is 0 Å². The van der Waals surface area contributed by atoms with Crippen molar-refractivity contribution >= 4 is 35.6 Å². The molecule has 152 valence electrons. The zero-order chi connectivity index (χ0) is 19.3. The lowest BCUT2D eigenvalue weighted by Crippen LogP contribution is -2.44. The molecule has 29 heavy (non-hydrogen) atoms. The number of piperidine rings is 1. The van der Waals surface area contributed by atoms with Crippen LogP contribution in [0.25, 0.3) is 11.3 Å². The second-order valence-corrected chi connectivity index (χ2v) is 8.88. The lowest BCUT2D eigenvalue weighted by Gasteiger charge is -2.42. The Morgan fingerprint density at radius 3 is 2.31 bits per heavy atom. The molecule has 2 fully saturated rings. The van der Waals surface area contributed by atoms with Gasteiger partial charge in [0, 0.05) is 39.7 Å². The number of hydrogen-bond donors (Lipinski definition) is 0. The number of hydrogen-bond acceptors (Lipinski definition) is 3. The predicted molar refractivity (Wildman–Crippen MR) is 120 cm³/mol. The fraction of sp³-hybridized carbons (Fsp3) is 0.348. The molecule has 2 aromatic carbocycles. The fourth-order valence-electron chi connectivity index (χ4n) is 5.11. The Balaban J connectivity index is 0.00000205. The third kappa shape index (κ3) is 3.82. The van der Waals surface area contributed by atoms with Crippen LogP contribution in [-0.2, 0) is 0 Å². The maximum Gasteiger partial charge on any atom is 0.142 e. The minimum Gasteiger partial charge on any atom is -0.360 e. The Morgan fingerprint density at radius 1 is 0.966 bits per heavy atom. The smallest absolute Gasteiger partial charge is 0.142 e.